The molecule has 2 aromatic carbocycles. The van der Waals surface area contributed by atoms with Crippen LogP contribution in [0.5, 0.6) is 5.75 Å². The molecule has 224 valence electrons. The molecule has 1 saturated heterocycles. The molecule has 3 atom stereocenters. The largest absolute Gasteiger partial charge is 0.488 e. The second-order valence-corrected chi connectivity index (χ2v) is 10.7. The van der Waals surface area contributed by atoms with Crippen LogP contribution < -0.4 is 10.1 Å². The fraction of sp³-hybridized carbons (Fsp3) is 0.419. The van der Waals surface area contributed by atoms with E-state index in [-0.39, 0.29) is 35.6 Å². The Labute approximate surface area is 244 Å². The molecule has 1 fully saturated rings. The number of non-ortho nitro benzene ring substituents is 1. The number of rotatable bonds is 10. The first-order chi connectivity index (χ1) is 19.9. The second kappa shape index (κ2) is 12.7. The Morgan fingerprint density at radius 2 is 1.76 bits per heavy atom. The fourth-order valence-electron chi connectivity index (χ4n) is 5.11. The van der Waals surface area contributed by atoms with E-state index in [1.165, 1.54) is 25.3 Å². The van der Waals surface area contributed by atoms with Gasteiger partial charge < -0.3 is 29.0 Å². The molecule has 2 heterocycles. The van der Waals surface area contributed by atoms with Gasteiger partial charge in [0.15, 0.2) is 5.79 Å². The first-order valence-corrected chi connectivity index (χ1v) is 13.7. The van der Waals surface area contributed by atoms with E-state index >= 15 is 0 Å². The lowest BCUT2D eigenvalue weighted by Crippen LogP contribution is -2.32. The molecule has 0 aliphatic carbocycles. The Morgan fingerprint density at radius 1 is 1.10 bits per heavy atom. The molecule has 42 heavy (non-hydrogen) atoms. The third-order valence-corrected chi connectivity index (χ3v) is 7.22. The number of ether oxygens (including phenoxy) is 5. The van der Waals surface area contributed by atoms with Gasteiger partial charge in [0.25, 0.3) is 5.69 Å². The van der Waals surface area contributed by atoms with Crippen molar-refractivity contribution in [1.29, 1.82) is 0 Å². The van der Waals surface area contributed by atoms with Crippen molar-refractivity contribution in [2.45, 2.75) is 65.0 Å². The van der Waals surface area contributed by atoms with Crippen molar-refractivity contribution in [3.8, 4) is 5.75 Å². The minimum Gasteiger partial charge on any atom is -0.488 e. The van der Waals surface area contributed by atoms with Crippen molar-refractivity contribution in [3.63, 3.8) is 0 Å². The van der Waals surface area contributed by atoms with Crippen LogP contribution in [0.15, 0.2) is 71.1 Å². The van der Waals surface area contributed by atoms with E-state index in [9.17, 15) is 19.7 Å². The lowest BCUT2D eigenvalue weighted by Gasteiger charge is -2.30. The molecule has 0 bridgehead atoms. The predicted molar refractivity (Wildman–Crippen MR) is 152 cm³/mol. The molecule has 0 spiro atoms. The zero-order chi connectivity index (χ0) is 30.6. The molecule has 0 radical (unpaired) electrons. The van der Waals surface area contributed by atoms with Crippen LogP contribution in [-0.4, -0.2) is 55.2 Å². The number of carbonyl (C=O) groups excluding carboxylic acids is 2. The lowest BCUT2D eigenvalue weighted by atomic mass is 9.80. The van der Waals surface area contributed by atoms with Crippen LogP contribution in [0.3, 0.4) is 0 Å². The van der Waals surface area contributed by atoms with Crippen LogP contribution in [0.25, 0.3) is 0 Å². The van der Waals surface area contributed by atoms with E-state index in [1.807, 2.05) is 45.0 Å². The number of hydrogen-bond acceptors (Lipinski definition) is 10. The van der Waals surface area contributed by atoms with E-state index in [0.717, 1.165) is 5.56 Å². The number of carbonyl (C=O) groups is 2. The number of esters is 2. The van der Waals surface area contributed by atoms with Crippen LogP contribution in [0.2, 0.25) is 0 Å². The van der Waals surface area contributed by atoms with Crippen LogP contribution in [0.1, 0.15) is 51.7 Å². The van der Waals surface area contributed by atoms with E-state index < -0.39 is 28.6 Å². The average Bonchev–Trinajstić information content (AvgIpc) is 3.32. The summed E-state index contributed by atoms with van der Waals surface area (Å²) in [5.41, 5.74) is 2.50. The van der Waals surface area contributed by atoms with Gasteiger partial charge in [-0.1, -0.05) is 24.3 Å². The Balaban J connectivity index is 1.44. The highest BCUT2D eigenvalue weighted by molar-refractivity contribution is 5.99. The van der Waals surface area contributed by atoms with Crippen molar-refractivity contribution in [1.82, 2.24) is 5.32 Å². The highest BCUT2D eigenvalue weighted by Gasteiger charge is 2.39. The zero-order valence-corrected chi connectivity index (χ0v) is 24.6. The molecule has 11 heteroatoms. The van der Waals surface area contributed by atoms with Gasteiger partial charge in [0, 0.05) is 29.9 Å². The molecule has 2 aliphatic rings. The van der Waals surface area contributed by atoms with Gasteiger partial charge in [-0.25, -0.2) is 9.59 Å². The summed E-state index contributed by atoms with van der Waals surface area (Å²) in [7, 11) is 1.24. The normalized spacial score (nSPS) is 20.5. The summed E-state index contributed by atoms with van der Waals surface area (Å²) in [6, 6.07) is 13.3. The summed E-state index contributed by atoms with van der Waals surface area (Å²) in [6.07, 6.45) is 0.0658. The lowest BCUT2D eigenvalue weighted by molar-refractivity contribution is -0.384. The molecule has 0 aromatic heterocycles. The maximum atomic E-state index is 13.4. The Bertz CT molecular complexity index is 1410. The zero-order valence-electron chi connectivity index (χ0n) is 24.6. The minimum absolute atomic E-state index is 0.0759. The molecule has 1 N–H and O–H groups in total. The monoisotopic (exact) mass is 580 g/mol. The molecule has 2 aliphatic heterocycles. The topological polar surface area (TPSA) is 135 Å². The van der Waals surface area contributed by atoms with E-state index in [4.69, 9.17) is 23.7 Å². The van der Waals surface area contributed by atoms with Crippen molar-refractivity contribution in [2.24, 2.45) is 0 Å². The Morgan fingerprint density at radius 3 is 2.36 bits per heavy atom. The molecular weight excluding hydrogens is 544 g/mol. The Hall–Kier alpha value is -4.22. The number of methoxy groups -OCH3 is 1. The van der Waals surface area contributed by atoms with E-state index in [1.54, 1.807) is 19.9 Å². The van der Waals surface area contributed by atoms with Crippen LogP contribution in [0, 0.1) is 10.1 Å². The quantitative estimate of drug-likeness (QED) is 0.239. The first kappa shape index (κ1) is 30.7. The summed E-state index contributed by atoms with van der Waals surface area (Å²) < 4.78 is 28.1. The maximum absolute atomic E-state index is 13.4. The number of nitrogens with zero attached hydrogens (tertiary/aromatic N) is 1. The number of hydrogen-bond donors (Lipinski definition) is 1. The maximum Gasteiger partial charge on any atom is 0.336 e. The van der Waals surface area contributed by atoms with Crippen molar-refractivity contribution in [3.05, 3.63) is 92.3 Å². The summed E-state index contributed by atoms with van der Waals surface area (Å²) in [6.45, 7) is 9.59. The van der Waals surface area contributed by atoms with Gasteiger partial charge in [0.2, 0.25) is 0 Å². The third-order valence-electron chi connectivity index (χ3n) is 7.22. The van der Waals surface area contributed by atoms with Gasteiger partial charge in [-0.05, 0) is 57.9 Å². The minimum atomic E-state index is -0.913. The molecule has 3 unspecified atom stereocenters. The molecule has 0 saturated carbocycles. The van der Waals surface area contributed by atoms with Crippen molar-refractivity contribution < 1.29 is 38.2 Å². The number of nitro benzene ring substituents is 1. The number of nitro groups is 1. The molecule has 4 rings (SSSR count). The molecular formula is C31H36N2O9. The number of benzene rings is 2. The standard InChI is InChI=1S/C31H36N2O9/c1-18-26(29(34)38-6)28(22-8-7-9-23(16-22)33(36)37)27(19(2)32-18)30(35)39-15-14-21-10-12-24(13-11-21)41-20(3)25-17-40-31(4,5)42-25/h7-13,16,20,25,28,32H,14-15,17H2,1-6H3. The van der Waals surface area contributed by atoms with Gasteiger partial charge in [-0.2, -0.15) is 0 Å². The van der Waals surface area contributed by atoms with Crippen LogP contribution >= 0.6 is 0 Å². The summed E-state index contributed by atoms with van der Waals surface area (Å²) in [5.74, 6) is -2.14. The highest BCUT2D eigenvalue weighted by atomic mass is 16.7. The van der Waals surface area contributed by atoms with E-state index in [2.05, 4.69) is 5.32 Å². The molecule has 11 nitrogen and oxygen atoms in total. The smallest absolute Gasteiger partial charge is 0.336 e. The second-order valence-electron chi connectivity index (χ2n) is 10.7. The van der Waals surface area contributed by atoms with Crippen LogP contribution in [-0.2, 0) is 35.0 Å². The number of nitrogens with one attached hydrogen (secondary N) is 1. The van der Waals surface area contributed by atoms with Gasteiger partial charge in [0.1, 0.15) is 18.0 Å². The number of allylic oxidation sites excluding steroid dienone is 2. The van der Waals surface area contributed by atoms with Crippen molar-refractivity contribution in [2.75, 3.05) is 20.3 Å². The van der Waals surface area contributed by atoms with Gasteiger partial charge in [0.05, 0.1) is 42.3 Å². The van der Waals surface area contributed by atoms with Crippen LogP contribution in [0.4, 0.5) is 5.69 Å². The van der Waals surface area contributed by atoms with Gasteiger partial charge in [-0.3, -0.25) is 10.1 Å². The highest BCUT2D eigenvalue weighted by Crippen LogP contribution is 2.40. The SMILES string of the molecule is COC(=O)C1=C(C)NC(C)=C(C(=O)OCCc2ccc(OC(C)C3COC(C)(C)O3)cc2)C1c1cccc([N+](=O)[O-])c1. The average molecular weight is 581 g/mol. The summed E-state index contributed by atoms with van der Waals surface area (Å²) in [5, 5.41) is 14.5. The number of dihydropyridines is 1. The predicted octanol–water partition coefficient (Wildman–Crippen LogP) is 4.71. The van der Waals surface area contributed by atoms with E-state index in [0.29, 0.717) is 35.7 Å². The molecule has 2 aromatic rings. The summed E-state index contributed by atoms with van der Waals surface area (Å²) >= 11 is 0. The third kappa shape index (κ3) is 6.97. The molecule has 0 amide bonds. The van der Waals surface area contributed by atoms with Gasteiger partial charge in [-0.15, -0.1) is 0 Å². The van der Waals surface area contributed by atoms with Crippen molar-refractivity contribution >= 4 is 17.6 Å². The first-order valence-electron chi connectivity index (χ1n) is 13.7. The Kier molecular flexibility index (Phi) is 9.33. The summed E-state index contributed by atoms with van der Waals surface area (Å²) in [4.78, 5) is 37.2. The van der Waals surface area contributed by atoms with Gasteiger partial charge >= 0.3 is 11.9 Å². The fourth-order valence-corrected chi connectivity index (χ4v) is 5.11.